The normalized spacial score (nSPS) is 13.5. The van der Waals surface area contributed by atoms with Crippen molar-refractivity contribution in [3.8, 4) is 22.1 Å². The fourth-order valence-electron chi connectivity index (χ4n) is 3.48. The van der Waals surface area contributed by atoms with Crippen molar-refractivity contribution in [2.75, 3.05) is 13.2 Å². The number of benzene rings is 2. The van der Waals surface area contributed by atoms with Crippen LogP contribution in [0.3, 0.4) is 0 Å². The van der Waals surface area contributed by atoms with E-state index in [0.717, 1.165) is 21.1 Å². The number of Topliss-reactive ketones (excluding diaryl/α,β-unsaturated/α-hetero) is 1. The molecule has 0 spiro atoms. The fraction of sp³-hybridized carbons (Fsp3) is 0.292. The zero-order valence-electron chi connectivity index (χ0n) is 17.5. The quantitative estimate of drug-likeness (QED) is 0.542. The van der Waals surface area contributed by atoms with E-state index in [1.165, 1.54) is 0 Å². The number of carbonyl (C=O) groups is 2. The second-order valence-corrected chi connectivity index (χ2v) is 8.44. The van der Waals surface area contributed by atoms with Crippen LogP contribution in [0.15, 0.2) is 48.5 Å². The predicted molar refractivity (Wildman–Crippen MR) is 120 cm³/mol. The summed E-state index contributed by atoms with van der Waals surface area (Å²) in [6.45, 7) is 4.86. The topological polar surface area (TPSA) is 77.5 Å². The second kappa shape index (κ2) is 9.31. The van der Waals surface area contributed by atoms with Crippen molar-refractivity contribution in [2.45, 2.75) is 32.7 Å². The van der Waals surface area contributed by atoms with Gasteiger partial charge in [0, 0.05) is 24.0 Å². The molecule has 0 fully saturated rings. The minimum atomic E-state index is -0.174. The molecule has 0 aliphatic carbocycles. The summed E-state index contributed by atoms with van der Waals surface area (Å²) in [4.78, 5) is 30.6. The van der Waals surface area contributed by atoms with Gasteiger partial charge in [-0.2, -0.15) is 0 Å². The Labute approximate surface area is 185 Å². The van der Waals surface area contributed by atoms with E-state index in [4.69, 9.17) is 9.47 Å². The third-order valence-electron chi connectivity index (χ3n) is 5.07. The highest BCUT2D eigenvalue weighted by atomic mass is 32.1. The minimum absolute atomic E-state index is 0.0971. The largest absolute Gasteiger partial charge is 0.486 e. The number of thiazole rings is 1. The molecule has 4 rings (SSSR count). The Kier molecular flexibility index (Phi) is 6.32. The average molecular weight is 437 g/mol. The van der Waals surface area contributed by atoms with E-state index in [-0.39, 0.29) is 30.6 Å². The lowest BCUT2D eigenvalue weighted by molar-refractivity contribution is -0.121. The molecule has 2 heterocycles. The fourth-order valence-corrected chi connectivity index (χ4v) is 4.56. The van der Waals surface area contributed by atoms with Gasteiger partial charge in [0.2, 0.25) is 5.91 Å². The molecule has 1 aliphatic rings. The zero-order chi connectivity index (χ0) is 21.8. The van der Waals surface area contributed by atoms with Crippen LogP contribution in [0.25, 0.3) is 10.6 Å². The number of ether oxygens (including phenoxy) is 2. The Hall–Kier alpha value is -3.19. The number of carbonyl (C=O) groups excluding carboxylic acids is 2. The molecule has 0 bridgehead atoms. The molecule has 160 valence electrons. The maximum absolute atomic E-state index is 12.5. The third-order valence-corrected chi connectivity index (χ3v) is 6.46. The summed E-state index contributed by atoms with van der Waals surface area (Å²) in [7, 11) is 0. The molecule has 7 heteroatoms. The summed E-state index contributed by atoms with van der Waals surface area (Å²) >= 11 is 1.58. The average Bonchev–Trinajstić information content (AvgIpc) is 3.19. The van der Waals surface area contributed by atoms with Crippen LogP contribution in [-0.2, 0) is 4.79 Å². The van der Waals surface area contributed by atoms with E-state index < -0.39 is 0 Å². The molecule has 0 radical (unpaired) electrons. The van der Waals surface area contributed by atoms with E-state index >= 15 is 0 Å². The molecule has 1 amide bonds. The zero-order valence-corrected chi connectivity index (χ0v) is 18.3. The number of nitrogens with zero attached hydrogens (tertiary/aromatic N) is 1. The van der Waals surface area contributed by atoms with E-state index in [9.17, 15) is 9.59 Å². The highest BCUT2D eigenvalue weighted by molar-refractivity contribution is 7.15. The van der Waals surface area contributed by atoms with Crippen LogP contribution in [0.1, 0.15) is 46.7 Å². The van der Waals surface area contributed by atoms with Gasteiger partial charge in [-0.1, -0.05) is 30.3 Å². The smallest absolute Gasteiger partial charge is 0.220 e. The van der Waals surface area contributed by atoms with Gasteiger partial charge in [0.25, 0.3) is 0 Å². The summed E-state index contributed by atoms with van der Waals surface area (Å²) in [5.41, 5.74) is 2.49. The number of rotatable bonds is 7. The molecule has 3 aromatic rings. The molecule has 1 N–H and O–H groups in total. The first-order chi connectivity index (χ1) is 15.0. The summed E-state index contributed by atoms with van der Waals surface area (Å²) in [6, 6.07) is 14.9. The molecule has 31 heavy (non-hydrogen) atoms. The van der Waals surface area contributed by atoms with Gasteiger partial charge in [-0.3, -0.25) is 9.59 Å². The van der Waals surface area contributed by atoms with Gasteiger partial charge in [-0.05, 0) is 32.0 Å². The predicted octanol–water partition coefficient (Wildman–Crippen LogP) is 4.73. The number of aryl methyl sites for hydroxylation is 1. The van der Waals surface area contributed by atoms with Crippen LogP contribution >= 0.6 is 11.3 Å². The standard InChI is InChI=1S/C24H24N2O4S/c1-15(23-16(2)26-24(31-23)17-6-4-3-5-7-17)25-22(28)11-9-19(27)18-8-10-20-21(14-18)30-13-12-29-20/h3-8,10,14-15H,9,11-13H2,1-2H3,(H,25,28). The Balaban J connectivity index is 1.34. The van der Waals surface area contributed by atoms with Crippen molar-refractivity contribution >= 4 is 23.0 Å². The van der Waals surface area contributed by atoms with Gasteiger partial charge in [0.1, 0.15) is 18.2 Å². The number of hydrogen-bond acceptors (Lipinski definition) is 6. The first kappa shape index (κ1) is 21.1. The number of nitrogens with one attached hydrogen (secondary N) is 1. The van der Waals surface area contributed by atoms with Crippen molar-refractivity contribution in [1.29, 1.82) is 0 Å². The van der Waals surface area contributed by atoms with Gasteiger partial charge in [-0.25, -0.2) is 4.98 Å². The van der Waals surface area contributed by atoms with Crippen LogP contribution in [0.2, 0.25) is 0 Å². The van der Waals surface area contributed by atoms with E-state index in [1.807, 2.05) is 44.2 Å². The summed E-state index contributed by atoms with van der Waals surface area (Å²) in [6.07, 6.45) is 0.260. The van der Waals surface area contributed by atoms with Gasteiger partial charge in [0.05, 0.1) is 16.6 Å². The van der Waals surface area contributed by atoms with Crippen LogP contribution < -0.4 is 14.8 Å². The van der Waals surface area contributed by atoms with E-state index in [0.29, 0.717) is 30.3 Å². The first-order valence-corrected chi connectivity index (χ1v) is 11.1. The Morgan fingerprint density at radius 2 is 1.81 bits per heavy atom. The summed E-state index contributed by atoms with van der Waals surface area (Å²) < 4.78 is 11.0. The molecular weight excluding hydrogens is 412 g/mol. The van der Waals surface area contributed by atoms with Crippen molar-refractivity contribution in [3.63, 3.8) is 0 Å². The Morgan fingerprint density at radius 3 is 2.58 bits per heavy atom. The number of aromatic nitrogens is 1. The maximum atomic E-state index is 12.5. The van der Waals surface area contributed by atoms with Crippen LogP contribution in [-0.4, -0.2) is 29.9 Å². The molecule has 1 aliphatic heterocycles. The molecule has 1 aromatic heterocycles. The molecule has 0 saturated carbocycles. The lowest BCUT2D eigenvalue weighted by atomic mass is 10.1. The van der Waals surface area contributed by atoms with Gasteiger partial charge in [0.15, 0.2) is 17.3 Å². The lowest BCUT2D eigenvalue weighted by Crippen LogP contribution is -2.26. The lowest BCUT2D eigenvalue weighted by Gasteiger charge is -2.18. The van der Waals surface area contributed by atoms with Crippen LogP contribution in [0.5, 0.6) is 11.5 Å². The first-order valence-electron chi connectivity index (χ1n) is 10.3. The van der Waals surface area contributed by atoms with Crippen LogP contribution in [0, 0.1) is 6.92 Å². The summed E-state index contributed by atoms with van der Waals surface area (Å²) in [5.74, 6) is 0.960. The van der Waals surface area contributed by atoms with E-state index in [1.54, 1.807) is 29.5 Å². The maximum Gasteiger partial charge on any atom is 0.220 e. The molecule has 2 aromatic carbocycles. The van der Waals surface area contributed by atoms with Crippen molar-refractivity contribution in [3.05, 3.63) is 64.7 Å². The molecular formula is C24H24N2O4S. The Morgan fingerprint density at radius 1 is 1.06 bits per heavy atom. The Bertz CT molecular complexity index is 1090. The number of ketones is 1. The van der Waals surface area contributed by atoms with E-state index in [2.05, 4.69) is 10.3 Å². The number of hydrogen-bond donors (Lipinski definition) is 1. The second-order valence-electron chi connectivity index (χ2n) is 7.41. The SMILES string of the molecule is Cc1nc(-c2ccccc2)sc1C(C)NC(=O)CCC(=O)c1ccc2c(c1)OCCO2. The monoisotopic (exact) mass is 436 g/mol. The number of amides is 1. The minimum Gasteiger partial charge on any atom is -0.486 e. The number of fused-ring (bicyclic) bond motifs is 1. The van der Waals surface area contributed by atoms with Gasteiger partial charge >= 0.3 is 0 Å². The molecule has 0 saturated heterocycles. The highest BCUT2D eigenvalue weighted by Gasteiger charge is 2.19. The van der Waals surface area contributed by atoms with Crippen LogP contribution in [0.4, 0.5) is 0 Å². The molecule has 1 atom stereocenters. The summed E-state index contributed by atoms with van der Waals surface area (Å²) in [5, 5.41) is 3.93. The molecule has 1 unspecified atom stereocenters. The van der Waals surface area contributed by atoms with Crippen molar-refractivity contribution in [1.82, 2.24) is 10.3 Å². The van der Waals surface area contributed by atoms with Crippen molar-refractivity contribution < 1.29 is 19.1 Å². The third kappa shape index (κ3) is 4.94. The highest BCUT2D eigenvalue weighted by Crippen LogP contribution is 2.32. The van der Waals surface area contributed by atoms with Crippen molar-refractivity contribution in [2.24, 2.45) is 0 Å². The van der Waals surface area contributed by atoms with Gasteiger partial charge < -0.3 is 14.8 Å². The molecule has 6 nitrogen and oxygen atoms in total. The van der Waals surface area contributed by atoms with Gasteiger partial charge in [-0.15, -0.1) is 11.3 Å².